The molecule has 7 nitrogen and oxygen atoms in total. The van der Waals surface area contributed by atoms with Gasteiger partial charge >= 0.3 is 5.97 Å². The first-order chi connectivity index (χ1) is 11.8. The molecule has 0 bridgehead atoms. The molecule has 0 saturated heterocycles. The molecule has 1 unspecified atom stereocenters. The predicted octanol–water partition coefficient (Wildman–Crippen LogP) is 2.07. The molecule has 3 rings (SSSR count). The second-order valence-electron chi connectivity index (χ2n) is 6.01. The molecule has 8 heteroatoms. The van der Waals surface area contributed by atoms with Gasteiger partial charge in [0.05, 0.1) is 18.0 Å². The summed E-state index contributed by atoms with van der Waals surface area (Å²) in [6, 6.07) is 6.96. The van der Waals surface area contributed by atoms with Gasteiger partial charge in [0.15, 0.2) is 0 Å². The van der Waals surface area contributed by atoms with E-state index in [0.717, 1.165) is 4.31 Å². The number of hydrogen-bond donors (Lipinski definition) is 1. The summed E-state index contributed by atoms with van der Waals surface area (Å²) < 4.78 is 32.7. The van der Waals surface area contributed by atoms with Crippen molar-refractivity contribution in [1.29, 1.82) is 0 Å². The lowest BCUT2D eigenvalue weighted by Gasteiger charge is -2.24. The van der Waals surface area contributed by atoms with Crippen LogP contribution in [0.3, 0.4) is 0 Å². The number of nitrogens with zero attached hydrogens (tertiary/aromatic N) is 2. The van der Waals surface area contributed by atoms with Crippen molar-refractivity contribution in [3.63, 3.8) is 0 Å². The highest BCUT2D eigenvalue weighted by atomic mass is 32.2. The van der Waals surface area contributed by atoms with Gasteiger partial charge in [0.25, 0.3) is 10.0 Å². The Balaban J connectivity index is 2.08. The maximum absolute atomic E-state index is 13.1. The fraction of sp³-hybridized carbons (Fsp3) is 0.294. The maximum Gasteiger partial charge on any atom is 0.327 e. The molecular formula is C17H18N2O5S. The van der Waals surface area contributed by atoms with Crippen molar-refractivity contribution < 1.29 is 23.1 Å². The molecule has 1 N–H and O–H groups in total. The number of para-hydroxylation sites is 1. The van der Waals surface area contributed by atoms with Crippen molar-refractivity contribution in [2.45, 2.75) is 37.3 Å². The first-order valence-electron chi connectivity index (χ1n) is 7.77. The summed E-state index contributed by atoms with van der Waals surface area (Å²) in [5.41, 5.74) is 1.06. The van der Waals surface area contributed by atoms with E-state index < -0.39 is 22.0 Å². The quantitative estimate of drug-likeness (QED) is 0.875. The number of sulfonamides is 1. The first-order valence-corrected chi connectivity index (χ1v) is 9.21. The van der Waals surface area contributed by atoms with E-state index in [9.17, 15) is 18.3 Å². The van der Waals surface area contributed by atoms with Crippen LogP contribution in [0.5, 0.6) is 5.75 Å². The Kier molecular flexibility index (Phi) is 4.38. The highest BCUT2D eigenvalue weighted by Gasteiger charge is 2.42. The number of anilines is 1. The standard InChI is InChI=1S/C17H18N2O5S/c1-11(2)24-13-8-14(10-18-9-13)25(22,23)19-15-6-4-3-5-12(15)7-16(19)17(20)21/h3-6,8-11,16H,7H2,1-2H3,(H,20,21). The van der Waals surface area contributed by atoms with Crippen LogP contribution in [0.25, 0.3) is 0 Å². The van der Waals surface area contributed by atoms with Gasteiger partial charge in [-0.1, -0.05) is 18.2 Å². The SMILES string of the molecule is CC(C)Oc1cncc(S(=O)(=O)N2c3ccccc3CC2C(=O)O)c1. The lowest BCUT2D eigenvalue weighted by Crippen LogP contribution is -2.42. The van der Waals surface area contributed by atoms with Crippen LogP contribution in [-0.4, -0.2) is 36.6 Å². The van der Waals surface area contributed by atoms with Crippen molar-refractivity contribution in [2.75, 3.05) is 4.31 Å². The normalized spacial score (nSPS) is 16.8. The second-order valence-corrected chi connectivity index (χ2v) is 7.83. The van der Waals surface area contributed by atoms with E-state index in [0.29, 0.717) is 17.0 Å². The Morgan fingerprint density at radius 1 is 1.32 bits per heavy atom. The van der Waals surface area contributed by atoms with Crippen LogP contribution in [-0.2, 0) is 21.2 Å². The summed E-state index contributed by atoms with van der Waals surface area (Å²) in [6.07, 6.45) is 2.60. The average Bonchev–Trinajstić information content (AvgIpc) is 2.95. The summed E-state index contributed by atoms with van der Waals surface area (Å²) in [6.45, 7) is 3.64. The third-order valence-corrected chi connectivity index (χ3v) is 5.62. The number of pyridine rings is 1. The summed E-state index contributed by atoms with van der Waals surface area (Å²) in [4.78, 5) is 15.4. The van der Waals surface area contributed by atoms with Gasteiger partial charge in [-0.25, -0.2) is 13.2 Å². The molecular weight excluding hydrogens is 344 g/mol. The van der Waals surface area contributed by atoms with E-state index in [1.165, 1.54) is 18.5 Å². The molecule has 1 aromatic carbocycles. The van der Waals surface area contributed by atoms with Gasteiger partial charge in [0.1, 0.15) is 16.7 Å². The summed E-state index contributed by atoms with van der Waals surface area (Å²) >= 11 is 0. The third-order valence-electron chi connectivity index (χ3n) is 3.83. The molecule has 0 amide bonds. The molecule has 0 fully saturated rings. The monoisotopic (exact) mass is 362 g/mol. The maximum atomic E-state index is 13.1. The number of ether oxygens (including phenoxy) is 1. The molecule has 0 spiro atoms. The van der Waals surface area contributed by atoms with Crippen LogP contribution in [0.1, 0.15) is 19.4 Å². The van der Waals surface area contributed by atoms with Crippen LogP contribution in [0, 0.1) is 0 Å². The van der Waals surface area contributed by atoms with E-state index in [1.54, 1.807) is 24.3 Å². The largest absolute Gasteiger partial charge is 0.489 e. The highest BCUT2D eigenvalue weighted by Crippen LogP contribution is 2.37. The summed E-state index contributed by atoms with van der Waals surface area (Å²) in [7, 11) is -4.09. The predicted molar refractivity (Wildman–Crippen MR) is 91.2 cm³/mol. The van der Waals surface area contributed by atoms with E-state index in [1.807, 2.05) is 13.8 Å². The van der Waals surface area contributed by atoms with Crippen molar-refractivity contribution in [2.24, 2.45) is 0 Å². The number of fused-ring (bicyclic) bond motifs is 1. The number of aliphatic carboxylic acids is 1. The van der Waals surface area contributed by atoms with Crippen LogP contribution in [0.4, 0.5) is 5.69 Å². The number of benzene rings is 1. The minimum absolute atomic E-state index is 0.103. The molecule has 132 valence electrons. The third kappa shape index (κ3) is 3.17. The Hall–Kier alpha value is -2.61. The minimum Gasteiger partial charge on any atom is -0.489 e. The van der Waals surface area contributed by atoms with Crippen LogP contribution in [0.15, 0.2) is 47.6 Å². The highest BCUT2D eigenvalue weighted by molar-refractivity contribution is 7.93. The molecule has 1 atom stereocenters. The smallest absolute Gasteiger partial charge is 0.327 e. The molecule has 1 aromatic heterocycles. The summed E-state index contributed by atoms with van der Waals surface area (Å²) in [5, 5.41) is 9.49. The van der Waals surface area contributed by atoms with Gasteiger partial charge < -0.3 is 9.84 Å². The molecule has 0 aliphatic carbocycles. The number of carbonyl (C=O) groups is 1. The Morgan fingerprint density at radius 3 is 2.72 bits per heavy atom. The number of carboxylic acid groups (broad SMARTS) is 1. The fourth-order valence-electron chi connectivity index (χ4n) is 2.83. The zero-order valence-electron chi connectivity index (χ0n) is 13.8. The molecule has 2 aromatic rings. The zero-order chi connectivity index (χ0) is 18.2. The Bertz CT molecular complexity index is 911. The van der Waals surface area contributed by atoms with Gasteiger partial charge in [-0.15, -0.1) is 0 Å². The van der Waals surface area contributed by atoms with Crippen LogP contribution < -0.4 is 9.04 Å². The molecule has 1 aliphatic heterocycles. The summed E-state index contributed by atoms with van der Waals surface area (Å²) in [5.74, 6) is -0.877. The van der Waals surface area contributed by atoms with Crippen molar-refractivity contribution >= 4 is 21.7 Å². The van der Waals surface area contributed by atoms with Crippen LogP contribution >= 0.6 is 0 Å². The number of carboxylic acids is 1. The number of aromatic nitrogens is 1. The minimum atomic E-state index is -4.09. The van der Waals surface area contributed by atoms with Crippen LogP contribution in [0.2, 0.25) is 0 Å². The van der Waals surface area contributed by atoms with E-state index >= 15 is 0 Å². The molecule has 25 heavy (non-hydrogen) atoms. The van der Waals surface area contributed by atoms with Gasteiger partial charge in [0, 0.05) is 18.7 Å². The van der Waals surface area contributed by atoms with Crippen molar-refractivity contribution in [1.82, 2.24) is 4.98 Å². The van der Waals surface area contributed by atoms with Gasteiger partial charge in [-0.2, -0.15) is 0 Å². The topological polar surface area (TPSA) is 96.8 Å². The van der Waals surface area contributed by atoms with Gasteiger partial charge in [-0.05, 0) is 25.5 Å². The molecule has 0 saturated carbocycles. The first kappa shape index (κ1) is 17.2. The molecule has 0 radical (unpaired) electrons. The lowest BCUT2D eigenvalue weighted by molar-refractivity contribution is -0.138. The molecule has 2 heterocycles. The van der Waals surface area contributed by atoms with Gasteiger partial charge in [-0.3, -0.25) is 9.29 Å². The average molecular weight is 362 g/mol. The lowest BCUT2D eigenvalue weighted by atomic mass is 10.1. The van der Waals surface area contributed by atoms with Crippen molar-refractivity contribution in [3.05, 3.63) is 48.3 Å². The van der Waals surface area contributed by atoms with E-state index in [-0.39, 0.29) is 17.4 Å². The Morgan fingerprint density at radius 2 is 2.04 bits per heavy atom. The van der Waals surface area contributed by atoms with Crippen molar-refractivity contribution in [3.8, 4) is 5.75 Å². The Labute approximate surface area is 145 Å². The zero-order valence-corrected chi connectivity index (χ0v) is 14.6. The second kappa shape index (κ2) is 6.36. The molecule has 1 aliphatic rings. The number of rotatable bonds is 5. The number of hydrogen-bond acceptors (Lipinski definition) is 5. The van der Waals surface area contributed by atoms with E-state index in [4.69, 9.17) is 4.74 Å². The van der Waals surface area contributed by atoms with E-state index in [2.05, 4.69) is 4.98 Å². The van der Waals surface area contributed by atoms with Gasteiger partial charge in [0.2, 0.25) is 0 Å². The fourth-order valence-corrected chi connectivity index (χ4v) is 4.46.